The van der Waals surface area contributed by atoms with Gasteiger partial charge >= 0.3 is 12.1 Å². The maximum absolute atomic E-state index is 14.3. The number of hydrogen-bond acceptors (Lipinski definition) is 14. The Morgan fingerprint density at radius 1 is 0.875 bits per heavy atom. The number of aliphatic hydroxyl groups excluding tert-OH is 2. The second kappa shape index (κ2) is 18.4. The molecule has 0 bridgehead atoms. The minimum absolute atomic E-state index is 0.0930. The van der Waals surface area contributed by atoms with E-state index >= 15 is 0 Å². The molecular formula is C40H70N2O14. The number of cyclic esters (lactones) is 1. The van der Waals surface area contributed by atoms with Crippen LogP contribution in [-0.4, -0.2) is 149 Å². The van der Waals surface area contributed by atoms with Crippen molar-refractivity contribution in [3.8, 4) is 0 Å². The van der Waals surface area contributed by atoms with E-state index in [9.17, 15) is 29.7 Å². The fraction of sp³-hybridized carbons (Fsp3) is 0.925. The zero-order chi connectivity index (χ0) is 42.1. The van der Waals surface area contributed by atoms with Gasteiger partial charge in [-0.1, -0.05) is 27.7 Å². The van der Waals surface area contributed by atoms with E-state index in [1.165, 1.54) is 21.1 Å². The number of rotatable bonds is 9. The van der Waals surface area contributed by atoms with Crippen LogP contribution in [0.25, 0.3) is 0 Å². The molecular weight excluding hydrogens is 732 g/mol. The van der Waals surface area contributed by atoms with Gasteiger partial charge in [0.15, 0.2) is 18.7 Å². The number of hydrogen-bond donors (Lipinski definition) is 4. The molecule has 0 spiro atoms. The molecule has 0 aromatic heterocycles. The predicted molar refractivity (Wildman–Crippen MR) is 202 cm³/mol. The third-order valence-corrected chi connectivity index (χ3v) is 12.8. The Kier molecular flexibility index (Phi) is 15.3. The lowest BCUT2D eigenvalue weighted by atomic mass is 9.77. The van der Waals surface area contributed by atoms with Crippen LogP contribution in [0.5, 0.6) is 0 Å². The van der Waals surface area contributed by atoms with Crippen molar-refractivity contribution in [3.63, 3.8) is 0 Å². The molecule has 4 aliphatic rings. The molecule has 4 heterocycles. The number of amides is 2. The van der Waals surface area contributed by atoms with Crippen LogP contribution in [0.4, 0.5) is 4.79 Å². The van der Waals surface area contributed by atoms with Gasteiger partial charge in [0, 0.05) is 39.0 Å². The number of methoxy groups -OCH3 is 2. The summed E-state index contributed by atoms with van der Waals surface area (Å²) < 4.78 is 50.4. The summed E-state index contributed by atoms with van der Waals surface area (Å²) in [7, 11) is 3.01. The lowest BCUT2D eigenvalue weighted by molar-refractivity contribution is -0.315. The zero-order valence-electron chi connectivity index (χ0n) is 35.7. The van der Waals surface area contributed by atoms with Crippen molar-refractivity contribution in [2.24, 2.45) is 17.8 Å². The summed E-state index contributed by atoms with van der Waals surface area (Å²) in [6, 6.07) is -1.24. The first kappa shape index (κ1) is 46.5. The highest BCUT2D eigenvalue weighted by atomic mass is 16.7. The number of nitrogens with one attached hydrogen (secondary N) is 1. The van der Waals surface area contributed by atoms with E-state index in [2.05, 4.69) is 5.32 Å². The standard InChI is InChI=1S/C40H70N2O14/c1-14-16-42-26-17-21(4)51-36(30(26)55-37(42)47)56-33-22(5)29(54-28-19-38(9,49-12)32(44)25(8)52-28)23(6)35(46)53-27(15-2)40(11,48)31(43)24(7)41-34(45)20(3)18-39(33,10)50-13/h20-33,36,43-44,48H,14-19H2,1-13H3,(H,41,45)/t20-,21-,22+,23-,24-,25+,26+,27-,28+,29+,30-,31-,32+,33-,36+,38-,39-,40-/m1/s1. The normalized spacial score (nSPS) is 47.2. The lowest BCUT2D eigenvalue weighted by Crippen LogP contribution is -2.60. The number of aliphatic hydroxyl groups is 3. The van der Waals surface area contributed by atoms with Crippen molar-refractivity contribution >= 4 is 18.0 Å². The molecule has 0 aliphatic carbocycles. The van der Waals surface area contributed by atoms with E-state index in [0.717, 1.165) is 6.42 Å². The molecule has 56 heavy (non-hydrogen) atoms. The average molecular weight is 803 g/mol. The number of carbonyl (C=O) groups excluding carboxylic acids is 3. The minimum Gasteiger partial charge on any atom is -0.459 e. The second-order valence-electron chi connectivity index (χ2n) is 17.3. The first-order valence-corrected chi connectivity index (χ1v) is 20.4. The van der Waals surface area contributed by atoms with Gasteiger partial charge in [0.1, 0.15) is 23.9 Å². The maximum Gasteiger partial charge on any atom is 0.410 e. The van der Waals surface area contributed by atoms with Crippen molar-refractivity contribution in [3.05, 3.63) is 0 Å². The highest BCUT2D eigenvalue weighted by Gasteiger charge is 2.56. The molecule has 18 atom stereocenters. The molecule has 16 nitrogen and oxygen atoms in total. The molecule has 4 saturated heterocycles. The molecule has 4 fully saturated rings. The van der Waals surface area contributed by atoms with Gasteiger partial charge in [0.05, 0.1) is 53.6 Å². The number of fused-ring (bicyclic) bond motifs is 1. The van der Waals surface area contributed by atoms with Crippen LogP contribution in [0.3, 0.4) is 0 Å². The fourth-order valence-electron chi connectivity index (χ4n) is 9.15. The second-order valence-corrected chi connectivity index (χ2v) is 17.3. The smallest absolute Gasteiger partial charge is 0.410 e. The van der Waals surface area contributed by atoms with Crippen LogP contribution in [0.2, 0.25) is 0 Å². The van der Waals surface area contributed by atoms with Crippen LogP contribution in [0.15, 0.2) is 0 Å². The molecule has 0 saturated carbocycles. The highest BCUT2D eigenvalue weighted by molar-refractivity contribution is 5.78. The molecule has 16 heteroatoms. The van der Waals surface area contributed by atoms with E-state index < -0.39 is 114 Å². The quantitative estimate of drug-likeness (QED) is 0.248. The van der Waals surface area contributed by atoms with Crippen LogP contribution in [0, 0.1) is 17.8 Å². The van der Waals surface area contributed by atoms with E-state index in [4.69, 9.17) is 37.9 Å². The van der Waals surface area contributed by atoms with Crippen LogP contribution >= 0.6 is 0 Å². The van der Waals surface area contributed by atoms with Crippen molar-refractivity contribution in [1.82, 2.24) is 10.2 Å². The van der Waals surface area contributed by atoms with Gasteiger partial charge in [-0.2, -0.15) is 0 Å². The number of esters is 1. The molecule has 324 valence electrons. The molecule has 0 aromatic carbocycles. The number of nitrogens with zero attached hydrogens (tertiary/aromatic N) is 1. The van der Waals surface area contributed by atoms with Crippen molar-refractivity contribution in [2.45, 2.75) is 199 Å². The van der Waals surface area contributed by atoms with Crippen molar-refractivity contribution in [1.29, 1.82) is 0 Å². The topological polar surface area (TPSA) is 201 Å². The summed E-state index contributed by atoms with van der Waals surface area (Å²) in [5, 5.41) is 36.9. The van der Waals surface area contributed by atoms with E-state index in [0.29, 0.717) is 13.0 Å². The van der Waals surface area contributed by atoms with Gasteiger partial charge in [-0.05, 0) is 74.1 Å². The minimum atomic E-state index is -1.96. The Bertz CT molecular complexity index is 1350. The molecule has 0 unspecified atom stereocenters. The Morgan fingerprint density at radius 2 is 1.52 bits per heavy atom. The SMILES string of the molecule is CCCN1C(=O)O[C@H]2[C@H](O[C@@H]3[C@@H](C)[C@H](O[C@H]4C[C@@](C)(OC)[C@@H](O)[C@H](C)O4)[C@@H](C)C(=O)O[C@H](CC)[C@@](C)(O)[C@H](O)[C@@H](C)NC(=O)[C@H](C)C[C@@]3(C)OC)O[C@H](C)C[C@@H]21. The van der Waals surface area contributed by atoms with E-state index in [-0.39, 0.29) is 31.4 Å². The van der Waals surface area contributed by atoms with Gasteiger partial charge < -0.3 is 63.4 Å². The Morgan fingerprint density at radius 3 is 2.11 bits per heavy atom. The summed E-state index contributed by atoms with van der Waals surface area (Å²) in [4.78, 5) is 43.0. The molecule has 4 aliphatic heterocycles. The third kappa shape index (κ3) is 9.49. The van der Waals surface area contributed by atoms with Gasteiger partial charge in [-0.15, -0.1) is 0 Å². The molecule has 0 aromatic rings. The van der Waals surface area contributed by atoms with Crippen LogP contribution in [0.1, 0.15) is 108 Å². The van der Waals surface area contributed by atoms with Gasteiger partial charge in [-0.25, -0.2) is 4.79 Å². The number of carbonyl (C=O) groups is 3. The van der Waals surface area contributed by atoms with Gasteiger partial charge in [-0.3, -0.25) is 9.59 Å². The Labute approximate surface area is 332 Å². The van der Waals surface area contributed by atoms with E-state index in [1.54, 1.807) is 53.4 Å². The largest absolute Gasteiger partial charge is 0.459 e. The number of ether oxygens (including phenoxy) is 8. The molecule has 2 amide bonds. The van der Waals surface area contributed by atoms with Crippen molar-refractivity contribution in [2.75, 3.05) is 20.8 Å². The predicted octanol–water partition coefficient (Wildman–Crippen LogP) is 3.05. The van der Waals surface area contributed by atoms with Gasteiger partial charge in [0.25, 0.3) is 0 Å². The van der Waals surface area contributed by atoms with Gasteiger partial charge in [0.2, 0.25) is 5.91 Å². The fourth-order valence-corrected chi connectivity index (χ4v) is 9.15. The highest BCUT2D eigenvalue weighted by Crippen LogP contribution is 2.42. The zero-order valence-corrected chi connectivity index (χ0v) is 35.7. The summed E-state index contributed by atoms with van der Waals surface area (Å²) in [5.74, 6) is -3.64. The summed E-state index contributed by atoms with van der Waals surface area (Å²) >= 11 is 0. The van der Waals surface area contributed by atoms with Crippen LogP contribution in [-0.2, 0) is 47.5 Å². The first-order chi connectivity index (χ1) is 26.1. The molecule has 4 N–H and O–H groups in total. The van der Waals surface area contributed by atoms with Crippen LogP contribution < -0.4 is 5.32 Å². The Balaban J connectivity index is 1.86. The Hall–Kier alpha value is -2.15. The summed E-state index contributed by atoms with van der Waals surface area (Å²) in [5.41, 5.74) is -4.28. The van der Waals surface area contributed by atoms with Crippen molar-refractivity contribution < 1.29 is 67.6 Å². The lowest BCUT2D eigenvalue weighted by Gasteiger charge is -2.49. The molecule has 4 rings (SSSR count). The van der Waals surface area contributed by atoms with E-state index in [1.807, 2.05) is 20.8 Å². The third-order valence-electron chi connectivity index (χ3n) is 12.8. The summed E-state index contributed by atoms with van der Waals surface area (Å²) in [6.45, 7) is 19.5. The first-order valence-electron chi connectivity index (χ1n) is 20.4. The monoisotopic (exact) mass is 802 g/mol. The summed E-state index contributed by atoms with van der Waals surface area (Å²) in [6.07, 6.45) is -8.33. The maximum atomic E-state index is 14.3. The average Bonchev–Trinajstić information content (AvgIpc) is 3.46. The molecule has 0 radical (unpaired) electrons.